The molecule has 1 amide bonds. The van der Waals surface area contributed by atoms with Crippen LogP contribution in [0.1, 0.15) is 18.1 Å². The number of likely N-dealkylation sites (N-methyl/N-ethyl adjacent to an activating group) is 1. The molecule has 0 saturated carbocycles. The summed E-state index contributed by atoms with van der Waals surface area (Å²) in [6.45, 7) is -0.666. The highest BCUT2D eigenvalue weighted by atomic mass is 19.3. The van der Waals surface area contributed by atoms with Gasteiger partial charge in [-0.25, -0.2) is 0 Å². The Bertz CT molecular complexity index is 767. The number of ketones is 1. The number of quaternary nitrogens is 1. The fourth-order valence-electron chi connectivity index (χ4n) is 2.87. The number of alkyl halides is 2. The Morgan fingerprint density at radius 1 is 1.04 bits per heavy atom. The van der Waals surface area contributed by atoms with E-state index in [0.717, 1.165) is 16.0 Å². The molecule has 0 fully saturated rings. The minimum Gasteiger partial charge on any atom is -0.435 e. The molecule has 2 aromatic carbocycles. The Morgan fingerprint density at radius 3 is 2.25 bits per heavy atom. The molecule has 2 N–H and O–H groups in total. The van der Waals surface area contributed by atoms with Crippen LogP contribution in [-0.4, -0.2) is 37.9 Å². The summed E-state index contributed by atoms with van der Waals surface area (Å²) in [5, 5.41) is 2.80. The van der Waals surface area contributed by atoms with E-state index in [-0.39, 0.29) is 24.0 Å². The van der Waals surface area contributed by atoms with Crippen LogP contribution >= 0.6 is 0 Å². The van der Waals surface area contributed by atoms with E-state index < -0.39 is 12.7 Å². The maximum atomic E-state index is 12.3. The molecular formula is C21H25F2N2O3+. The molecule has 0 heterocycles. The first kappa shape index (κ1) is 21.5. The van der Waals surface area contributed by atoms with Gasteiger partial charge in [0.2, 0.25) is 0 Å². The SMILES string of the molecule is CC(=O)[C@@H](Cc1ccccc1)NC(=O)C[NH+](C)Cc1ccc(OC(F)F)cc1. The average molecular weight is 391 g/mol. The van der Waals surface area contributed by atoms with Gasteiger partial charge in [-0.2, -0.15) is 8.78 Å². The predicted molar refractivity (Wildman–Crippen MR) is 101 cm³/mol. The van der Waals surface area contributed by atoms with Gasteiger partial charge < -0.3 is 15.0 Å². The molecule has 28 heavy (non-hydrogen) atoms. The van der Waals surface area contributed by atoms with Crippen LogP contribution < -0.4 is 15.0 Å². The van der Waals surface area contributed by atoms with E-state index in [9.17, 15) is 18.4 Å². The van der Waals surface area contributed by atoms with Crippen molar-refractivity contribution in [2.75, 3.05) is 13.6 Å². The lowest BCUT2D eigenvalue weighted by atomic mass is 10.0. The van der Waals surface area contributed by atoms with E-state index in [2.05, 4.69) is 10.1 Å². The van der Waals surface area contributed by atoms with Gasteiger partial charge in [-0.1, -0.05) is 30.3 Å². The third-order valence-electron chi connectivity index (χ3n) is 4.23. The summed E-state index contributed by atoms with van der Waals surface area (Å²) < 4.78 is 28.7. The molecule has 0 radical (unpaired) electrons. The smallest absolute Gasteiger partial charge is 0.387 e. The predicted octanol–water partition coefficient (Wildman–Crippen LogP) is 1.62. The second-order valence-electron chi connectivity index (χ2n) is 6.75. The van der Waals surface area contributed by atoms with Gasteiger partial charge in [0.25, 0.3) is 5.91 Å². The van der Waals surface area contributed by atoms with Crippen LogP contribution in [0.15, 0.2) is 54.6 Å². The summed E-state index contributed by atoms with van der Waals surface area (Å²) in [6, 6.07) is 15.3. The number of carbonyl (C=O) groups is 2. The second-order valence-corrected chi connectivity index (χ2v) is 6.75. The Kier molecular flexibility index (Phi) is 8.07. The van der Waals surface area contributed by atoms with E-state index in [4.69, 9.17) is 0 Å². The van der Waals surface area contributed by atoms with Crippen molar-refractivity contribution in [1.29, 1.82) is 0 Å². The van der Waals surface area contributed by atoms with Crippen molar-refractivity contribution in [2.24, 2.45) is 0 Å². The lowest BCUT2D eigenvalue weighted by molar-refractivity contribution is -0.885. The summed E-state index contributed by atoms with van der Waals surface area (Å²) in [6.07, 6.45) is 0.451. The molecule has 7 heteroatoms. The van der Waals surface area contributed by atoms with Gasteiger partial charge in [-0.05, 0) is 43.2 Å². The van der Waals surface area contributed by atoms with Crippen LogP contribution in [0.25, 0.3) is 0 Å². The summed E-state index contributed by atoms with van der Waals surface area (Å²) in [4.78, 5) is 25.1. The van der Waals surface area contributed by atoms with Gasteiger partial charge in [0.15, 0.2) is 12.3 Å². The highest BCUT2D eigenvalue weighted by Gasteiger charge is 2.20. The Balaban J connectivity index is 1.85. The molecule has 2 aromatic rings. The number of hydrogen-bond donors (Lipinski definition) is 2. The molecule has 2 rings (SSSR count). The molecule has 0 saturated heterocycles. The van der Waals surface area contributed by atoms with E-state index in [1.54, 1.807) is 12.1 Å². The summed E-state index contributed by atoms with van der Waals surface area (Å²) in [7, 11) is 1.85. The van der Waals surface area contributed by atoms with Crippen molar-refractivity contribution in [1.82, 2.24) is 5.32 Å². The van der Waals surface area contributed by atoms with Crippen molar-refractivity contribution < 1.29 is 28.0 Å². The minimum absolute atomic E-state index is 0.0931. The van der Waals surface area contributed by atoms with Crippen molar-refractivity contribution in [2.45, 2.75) is 32.5 Å². The largest absolute Gasteiger partial charge is 0.435 e. The number of carbonyl (C=O) groups excluding carboxylic acids is 2. The van der Waals surface area contributed by atoms with Crippen LogP contribution in [0.3, 0.4) is 0 Å². The number of halogens is 2. The fraction of sp³-hybridized carbons (Fsp3) is 0.333. The Morgan fingerprint density at radius 2 is 1.68 bits per heavy atom. The highest BCUT2D eigenvalue weighted by molar-refractivity contribution is 5.88. The van der Waals surface area contributed by atoms with Crippen molar-refractivity contribution >= 4 is 11.7 Å². The maximum absolute atomic E-state index is 12.3. The Hall–Kier alpha value is -2.80. The Labute approximate surface area is 163 Å². The first-order valence-corrected chi connectivity index (χ1v) is 9.02. The number of hydrogen-bond acceptors (Lipinski definition) is 3. The number of rotatable bonds is 10. The molecule has 1 unspecified atom stereocenters. The first-order chi connectivity index (χ1) is 13.3. The van der Waals surface area contributed by atoms with E-state index >= 15 is 0 Å². The van der Waals surface area contributed by atoms with E-state index in [0.29, 0.717) is 13.0 Å². The molecule has 5 nitrogen and oxygen atoms in total. The lowest BCUT2D eigenvalue weighted by Gasteiger charge is -2.18. The first-order valence-electron chi connectivity index (χ1n) is 9.02. The third kappa shape index (κ3) is 7.44. The third-order valence-corrected chi connectivity index (χ3v) is 4.23. The van der Waals surface area contributed by atoms with E-state index in [1.807, 2.05) is 37.4 Å². The quantitative estimate of drug-likeness (QED) is 0.647. The molecular weight excluding hydrogens is 366 g/mol. The van der Waals surface area contributed by atoms with Crippen LogP contribution in [0.4, 0.5) is 8.78 Å². The number of benzene rings is 2. The zero-order valence-corrected chi connectivity index (χ0v) is 16.0. The van der Waals surface area contributed by atoms with Crippen LogP contribution in [0.5, 0.6) is 5.75 Å². The molecule has 0 aliphatic heterocycles. The van der Waals surface area contributed by atoms with Gasteiger partial charge >= 0.3 is 6.61 Å². The molecule has 0 spiro atoms. The average Bonchev–Trinajstić information content (AvgIpc) is 2.63. The topological polar surface area (TPSA) is 59.8 Å². The van der Waals surface area contributed by atoms with Crippen molar-refractivity contribution in [3.8, 4) is 5.75 Å². The van der Waals surface area contributed by atoms with Crippen molar-refractivity contribution in [3.05, 3.63) is 65.7 Å². The van der Waals surface area contributed by atoms with Gasteiger partial charge in [0.05, 0.1) is 13.1 Å². The van der Waals surface area contributed by atoms with Crippen LogP contribution in [-0.2, 0) is 22.6 Å². The zero-order chi connectivity index (χ0) is 20.5. The summed E-state index contributed by atoms with van der Waals surface area (Å²) in [5.41, 5.74) is 1.87. The molecule has 0 aliphatic carbocycles. The standard InChI is InChI=1S/C21H24F2N2O3/c1-15(26)19(12-16-6-4-3-5-7-16)24-20(27)14-25(2)13-17-8-10-18(11-9-17)28-21(22)23/h3-11,19,21H,12-14H2,1-2H3,(H,24,27)/p+1/t19-/m1/s1. The number of ether oxygens (including phenoxy) is 1. The van der Waals surface area contributed by atoms with Gasteiger partial charge in [0, 0.05) is 5.56 Å². The fourth-order valence-corrected chi connectivity index (χ4v) is 2.87. The van der Waals surface area contributed by atoms with Crippen LogP contribution in [0, 0.1) is 0 Å². The molecule has 0 bridgehead atoms. The van der Waals surface area contributed by atoms with Crippen molar-refractivity contribution in [3.63, 3.8) is 0 Å². The number of Topliss-reactive ketones (excluding diaryl/α,β-unsaturated/α-hetero) is 1. The second kappa shape index (κ2) is 10.5. The van der Waals surface area contributed by atoms with Gasteiger partial charge in [-0.15, -0.1) is 0 Å². The zero-order valence-electron chi connectivity index (χ0n) is 16.0. The highest BCUT2D eigenvalue weighted by Crippen LogP contribution is 2.14. The van der Waals surface area contributed by atoms with E-state index in [1.165, 1.54) is 19.1 Å². The van der Waals surface area contributed by atoms with Crippen LogP contribution in [0.2, 0.25) is 0 Å². The molecule has 150 valence electrons. The molecule has 0 aromatic heterocycles. The number of amides is 1. The number of nitrogens with one attached hydrogen (secondary N) is 2. The lowest BCUT2D eigenvalue weighted by Crippen LogP contribution is -3.09. The molecule has 2 atom stereocenters. The minimum atomic E-state index is -2.85. The normalized spacial score (nSPS) is 13.0. The summed E-state index contributed by atoms with van der Waals surface area (Å²) in [5.74, 6) is -0.213. The maximum Gasteiger partial charge on any atom is 0.387 e. The van der Waals surface area contributed by atoms with Gasteiger partial charge in [-0.3, -0.25) is 9.59 Å². The molecule has 0 aliphatic rings. The monoisotopic (exact) mass is 391 g/mol. The van der Waals surface area contributed by atoms with Gasteiger partial charge in [0.1, 0.15) is 12.3 Å². The summed E-state index contributed by atoms with van der Waals surface area (Å²) >= 11 is 0.